The second-order valence-corrected chi connectivity index (χ2v) is 5.98. The predicted octanol–water partition coefficient (Wildman–Crippen LogP) is 4.31. The number of carbonyl (C=O) groups is 1. The van der Waals surface area contributed by atoms with Crippen LogP contribution in [0.5, 0.6) is 5.75 Å². The minimum absolute atomic E-state index is 0.227. The Kier molecular flexibility index (Phi) is 5.27. The zero-order chi connectivity index (χ0) is 16.9. The first kappa shape index (κ1) is 16.9. The molecule has 2 aromatic carbocycles. The minimum atomic E-state index is -0.486. The maximum Gasteiger partial charge on any atom is 0.319 e. The minimum Gasteiger partial charge on any atom is -0.497 e. The molecule has 2 N–H and O–H groups in total. The number of urea groups is 1. The average molecular weight is 312 g/mol. The van der Waals surface area contributed by atoms with Gasteiger partial charge in [0.2, 0.25) is 0 Å². The Morgan fingerprint density at radius 1 is 1.04 bits per heavy atom. The molecule has 0 unspecified atom stereocenters. The smallest absolute Gasteiger partial charge is 0.319 e. The fourth-order valence-electron chi connectivity index (χ4n) is 2.35. The van der Waals surface area contributed by atoms with E-state index in [2.05, 4.69) is 17.6 Å². The Bertz CT molecular complexity index is 646. The van der Waals surface area contributed by atoms with Gasteiger partial charge in [-0.3, -0.25) is 0 Å². The monoisotopic (exact) mass is 312 g/mol. The molecule has 4 heteroatoms. The van der Waals surface area contributed by atoms with Gasteiger partial charge in [0.25, 0.3) is 0 Å². The molecule has 0 spiro atoms. The molecule has 2 rings (SSSR count). The van der Waals surface area contributed by atoms with E-state index in [1.807, 2.05) is 62.4 Å². The lowest BCUT2D eigenvalue weighted by Gasteiger charge is -2.27. The number of anilines is 1. The van der Waals surface area contributed by atoms with Crippen LogP contribution in [0.15, 0.2) is 48.5 Å². The molecule has 0 atom stereocenters. The van der Waals surface area contributed by atoms with E-state index in [0.29, 0.717) is 0 Å². The maximum absolute atomic E-state index is 12.2. The summed E-state index contributed by atoms with van der Waals surface area (Å²) in [5, 5.41) is 5.86. The normalized spacial score (nSPS) is 11.0. The molecule has 23 heavy (non-hydrogen) atoms. The zero-order valence-corrected chi connectivity index (χ0v) is 14.1. The van der Waals surface area contributed by atoms with E-state index in [0.717, 1.165) is 23.4 Å². The number of ether oxygens (including phenoxy) is 1. The van der Waals surface area contributed by atoms with Crippen LogP contribution in [0.3, 0.4) is 0 Å². The van der Waals surface area contributed by atoms with Crippen molar-refractivity contribution in [1.29, 1.82) is 0 Å². The molecule has 0 radical (unpaired) electrons. The molecule has 0 aliphatic heterocycles. The number of nitrogens with one attached hydrogen (secondary N) is 2. The molecule has 0 aliphatic rings. The molecule has 2 aromatic rings. The Morgan fingerprint density at radius 3 is 2.17 bits per heavy atom. The van der Waals surface area contributed by atoms with Crippen LogP contribution < -0.4 is 15.4 Å². The van der Waals surface area contributed by atoms with Crippen LogP contribution in [0.2, 0.25) is 0 Å². The number of aryl methyl sites for hydroxylation is 1. The van der Waals surface area contributed by atoms with Crippen molar-refractivity contribution in [1.82, 2.24) is 5.32 Å². The molecule has 0 aromatic heterocycles. The SMILES string of the molecule is CCc1ccc(NC(=O)NC(C)(C)c2ccc(OC)cc2)cc1. The van der Waals surface area contributed by atoms with Crippen LogP contribution >= 0.6 is 0 Å². The van der Waals surface area contributed by atoms with E-state index in [1.54, 1.807) is 7.11 Å². The van der Waals surface area contributed by atoms with Gasteiger partial charge < -0.3 is 15.4 Å². The second-order valence-electron chi connectivity index (χ2n) is 5.98. The largest absolute Gasteiger partial charge is 0.497 e. The number of hydrogen-bond acceptors (Lipinski definition) is 2. The van der Waals surface area contributed by atoms with Crippen molar-refractivity contribution < 1.29 is 9.53 Å². The predicted molar refractivity (Wildman–Crippen MR) is 94.0 cm³/mol. The van der Waals surface area contributed by atoms with Crippen molar-refractivity contribution in [3.8, 4) is 5.75 Å². The maximum atomic E-state index is 12.2. The van der Waals surface area contributed by atoms with Gasteiger partial charge in [-0.05, 0) is 55.7 Å². The van der Waals surface area contributed by atoms with Crippen LogP contribution in [0.25, 0.3) is 0 Å². The van der Waals surface area contributed by atoms with E-state index >= 15 is 0 Å². The standard InChI is InChI=1S/C19H24N2O2/c1-5-14-6-10-16(11-7-14)20-18(22)21-19(2,3)15-8-12-17(23-4)13-9-15/h6-13H,5H2,1-4H3,(H2,20,21,22). The summed E-state index contributed by atoms with van der Waals surface area (Å²) >= 11 is 0. The average Bonchev–Trinajstić information content (AvgIpc) is 2.55. The molecule has 0 saturated heterocycles. The van der Waals surface area contributed by atoms with Gasteiger partial charge in [-0.25, -0.2) is 4.79 Å². The fraction of sp³-hybridized carbons (Fsp3) is 0.316. The number of carbonyl (C=O) groups excluding carboxylic acids is 1. The second kappa shape index (κ2) is 7.18. The van der Waals surface area contributed by atoms with Crippen LogP contribution in [-0.2, 0) is 12.0 Å². The number of benzene rings is 2. The summed E-state index contributed by atoms with van der Waals surface area (Å²) in [5.74, 6) is 0.796. The molecular weight excluding hydrogens is 288 g/mol. The summed E-state index contributed by atoms with van der Waals surface area (Å²) in [5.41, 5.74) is 2.55. The van der Waals surface area contributed by atoms with Crippen molar-refractivity contribution >= 4 is 11.7 Å². The summed E-state index contributed by atoms with van der Waals surface area (Å²) < 4.78 is 5.16. The van der Waals surface area contributed by atoms with Gasteiger partial charge in [0.15, 0.2) is 0 Å². The van der Waals surface area contributed by atoms with Crippen molar-refractivity contribution in [2.75, 3.05) is 12.4 Å². The lowest BCUT2D eigenvalue weighted by molar-refractivity contribution is 0.242. The highest BCUT2D eigenvalue weighted by Crippen LogP contribution is 2.23. The molecule has 4 nitrogen and oxygen atoms in total. The Morgan fingerprint density at radius 2 is 1.65 bits per heavy atom. The molecule has 0 bridgehead atoms. The Hall–Kier alpha value is -2.49. The fourth-order valence-corrected chi connectivity index (χ4v) is 2.35. The molecule has 2 amide bonds. The number of amides is 2. The van der Waals surface area contributed by atoms with Crippen molar-refractivity contribution in [2.45, 2.75) is 32.7 Å². The van der Waals surface area contributed by atoms with Gasteiger partial charge in [-0.1, -0.05) is 31.2 Å². The summed E-state index contributed by atoms with van der Waals surface area (Å²) in [6.45, 7) is 6.04. The van der Waals surface area contributed by atoms with Crippen molar-refractivity contribution in [3.05, 3.63) is 59.7 Å². The molecule has 122 valence electrons. The van der Waals surface area contributed by atoms with E-state index in [1.165, 1.54) is 5.56 Å². The molecule has 0 saturated carbocycles. The lowest BCUT2D eigenvalue weighted by Crippen LogP contribution is -2.43. The molecule has 0 aliphatic carbocycles. The number of rotatable bonds is 5. The molecular formula is C19H24N2O2. The summed E-state index contributed by atoms with van der Waals surface area (Å²) in [6.07, 6.45) is 0.983. The summed E-state index contributed by atoms with van der Waals surface area (Å²) in [7, 11) is 1.63. The van der Waals surface area contributed by atoms with Gasteiger partial charge in [0, 0.05) is 5.69 Å². The number of hydrogen-bond donors (Lipinski definition) is 2. The number of methoxy groups -OCH3 is 1. The summed E-state index contributed by atoms with van der Waals surface area (Å²) in [4.78, 5) is 12.2. The van der Waals surface area contributed by atoms with Crippen LogP contribution in [0.4, 0.5) is 10.5 Å². The van der Waals surface area contributed by atoms with E-state index < -0.39 is 5.54 Å². The topological polar surface area (TPSA) is 50.4 Å². The quantitative estimate of drug-likeness (QED) is 0.864. The van der Waals surface area contributed by atoms with Crippen molar-refractivity contribution in [3.63, 3.8) is 0 Å². The summed E-state index contributed by atoms with van der Waals surface area (Å²) in [6, 6.07) is 15.3. The van der Waals surface area contributed by atoms with Crippen LogP contribution in [0, 0.1) is 0 Å². The third-order valence-corrected chi connectivity index (χ3v) is 3.86. The highest BCUT2D eigenvalue weighted by molar-refractivity contribution is 5.89. The highest BCUT2D eigenvalue weighted by Gasteiger charge is 2.22. The van der Waals surface area contributed by atoms with E-state index in [9.17, 15) is 4.79 Å². The van der Waals surface area contributed by atoms with Gasteiger partial charge in [0.05, 0.1) is 12.6 Å². The van der Waals surface area contributed by atoms with E-state index in [-0.39, 0.29) is 6.03 Å². The van der Waals surface area contributed by atoms with Gasteiger partial charge in [-0.2, -0.15) is 0 Å². The molecule has 0 fully saturated rings. The third-order valence-electron chi connectivity index (χ3n) is 3.86. The first-order valence-corrected chi connectivity index (χ1v) is 7.77. The highest BCUT2D eigenvalue weighted by atomic mass is 16.5. The first-order valence-electron chi connectivity index (χ1n) is 7.77. The first-order chi connectivity index (χ1) is 10.9. The van der Waals surface area contributed by atoms with Gasteiger partial charge in [-0.15, -0.1) is 0 Å². The zero-order valence-electron chi connectivity index (χ0n) is 14.1. The third kappa shape index (κ3) is 4.49. The van der Waals surface area contributed by atoms with E-state index in [4.69, 9.17) is 4.74 Å². The Labute approximate surface area is 137 Å². The van der Waals surface area contributed by atoms with Gasteiger partial charge in [0.1, 0.15) is 5.75 Å². The van der Waals surface area contributed by atoms with Crippen LogP contribution in [0.1, 0.15) is 31.9 Å². The Balaban J connectivity index is 2.01. The van der Waals surface area contributed by atoms with Crippen LogP contribution in [-0.4, -0.2) is 13.1 Å². The van der Waals surface area contributed by atoms with Crippen molar-refractivity contribution in [2.24, 2.45) is 0 Å². The lowest BCUT2D eigenvalue weighted by atomic mass is 9.94. The van der Waals surface area contributed by atoms with Gasteiger partial charge >= 0.3 is 6.03 Å². The molecule has 0 heterocycles.